The van der Waals surface area contributed by atoms with Crippen LogP contribution in [0.5, 0.6) is 0 Å². The van der Waals surface area contributed by atoms with E-state index in [0.717, 1.165) is 5.56 Å². The van der Waals surface area contributed by atoms with Gasteiger partial charge in [0.2, 0.25) is 0 Å². The van der Waals surface area contributed by atoms with Gasteiger partial charge in [0, 0.05) is 5.56 Å². The van der Waals surface area contributed by atoms with Gasteiger partial charge in [-0.2, -0.15) is 0 Å². The van der Waals surface area contributed by atoms with Gasteiger partial charge in [0.1, 0.15) is 0 Å². The van der Waals surface area contributed by atoms with Crippen LogP contribution in [0.15, 0.2) is 53.4 Å². The first-order valence-corrected chi connectivity index (χ1v) is 9.55. The van der Waals surface area contributed by atoms with Crippen molar-refractivity contribution >= 4 is 15.7 Å². The average molecular weight is 357 g/mol. The molecule has 0 fully saturated rings. The monoisotopic (exact) mass is 357 g/mol. The summed E-state index contributed by atoms with van der Waals surface area (Å²) in [6.07, 6.45) is 5.90. The molecule has 0 spiro atoms. The highest BCUT2D eigenvalue weighted by Gasteiger charge is 2.31. The van der Waals surface area contributed by atoms with Gasteiger partial charge in [0.15, 0.2) is 5.60 Å². The first-order valence-electron chi connectivity index (χ1n) is 8.07. The molecule has 0 amide bonds. The Morgan fingerprint density at radius 1 is 1.16 bits per heavy atom. The van der Waals surface area contributed by atoms with E-state index in [1.165, 1.54) is 0 Å². The topological polar surface area (TPSA) is 66.4 Å². The van der Waals surface area contributed by atoms with Gasteiger partial charge in [-0.1, -0.05) is 55.7 Å². The number of aliphatic hydroxyl groups is 1. The van der Waals surface area contributed by atoms with Gasteiger partial charge in [0.25, 0.3) is 10.0 Å². The summed E-state index contributed by atoms with van der Waals surface area (Å²) in [5.74, 6) is 2.56. The van der Waals surface area contributed by atoms with Crippen LogP contribution in [0.2, 0.25) is 0 Å². The lowest BCUT2D eigenvalue weighted by molar-refractivity contribution is 0.0770. The zero-order chi connectivity index (χ0) is 18.7. The highest BCUT2D eigenvalue weighted by Crippen LogP contribution is 2.34. The third-order valence-electron chi connectivity index (χ3n) is 3.89. The molecule has 2 N–H and O–H groups in total. The summed E-state index contributed by atoms with van der Waals surface area (Å²) in [5.41, 5.74) is 0.0876. The summed E-state index contributed by atoms with van der Waals surface area (Å²) in [4.78, 5) is 0.154. The Morgan fingerprint density at radius 3 is 2.32 bits per heavy atom. The van der Waals surface area contributed by atoms with E-state index >= 15 is 0 Å². The molecule has 0 saturated heterocycles. The highest BCUT2D eigenvalue weighted by atomic mass is 32.2. The number of terminal acetylenes is 1. The Hall–Kier alpha value is -2.29. The van der Waals surface area contributed by atoms with Gasteiger partial charge in [-0.3, -0.25) is 4.72 Å². The van der Waals surface area contributed by atoms with E-state index in [2.05, 4.69) is 10.6 Å². The fourth-order valence-corrected chi connectivity index (χ4v) is 3.77. The standard InChI is InChI=1S/C20H23NO3S/c1-5-20(22,14-15(2)3)18-8-6-7-9-19(18)21-25(23,24)17-12-10-16(4)11-13-17/h1,6-13,15,21-22H,14H2,2-4H3. The fraction of sp³-hybridized carbons (Fsp3) is 0.300. The van der Waals surface area contributed by atoms with Crippen molar-refractivity contribution < 1.29 is 13.5 Å². The van der Waals surface area contributed by atoms with E-state index in [1.54, 1.807) is 48.5 Å². The Labute approximate surface area is 150 Å². The van der Waals surface area contributed by atoms with E-state index in [4.69, 9.17) is 6.42 Å². The zero-order valence-corrected chi connectivity index (χ0v) is 15.5. The van der Waals surface area contributed by atoms with Crippen LogP contribution in [0.3, 0.4) is 0 Å². The summed E-state index contributed by atoms with van der Waals surface area (Å²) in [7, 11) is -3.78. The Bertz CT molecular complexity index is 880. The molecule has 2 aromatic rings. The quantitative estimate of drug-likeness (QED) is 0.775. The second kappa shape index (κ2) is 7.30. The van der Waals surface area contributed by atoms with Crippen molar-refractivity contribution in [2.75, 3.05) is 4.72 Å². The first kappa shape index (κ1) is 19.0. The highest BCUT2D eigenvalue weighted by molar-refractivity contribution is 7.92. The molecule has 132 valence electrons. The SMILES string of the molecule is C#CC(O)(CC(C)C)c1ccccc1NS(=O)(=O)c1ccc(C)cc1. The number of nitrogens with one attached hydrogen (secondary N) is 1. The molecule has 0 saturated carbocycles. The van der Waals surface area contributed by atoms with E-state index in [9.17, 15) is 13.5 Å². The van der Waals surface area contributed by atoms with Gasteiger partial charge >= 0.3 is 0 Å². The normalized spacial score (nSPS) is 13.9. The fourth-order valence-electron chi connectivity index (χ4n) is 2.69. The van der Waals surface area contributed by atoms with Crippen molar-refractivity contribution in [3.8, 4) is 12.3 Å². The van der Waals surface area contributed by atoms with Gasteiger partial charge in [0.05, 0.1) is 10.6 Å². The number of hydrogen-bond acceptors (Lipinski definition) is 3. The van der Waals surface area contributed by atoms with Crippen LogP contribution in [-0.4, -0.2) is 13.5 Å². The molecule has 0 aliphatic carbocycles. The summed E-state index contributed by atoms with van der Waals surface area (Å²) in [5, 5.41) is 10.9. The second-order valence-corrected chi connectivity index (χ2v) is 8.25. The lowest BCUT2D eigenvalue weighted by Crippen LogP contribution is -2.28. The number of benzene rings is 2. The summed E-state index contributed by atoms with van der Waals surface area (Å²) < 4.78 is 27.9. The first-order chi connectivity index (χ1) is 11.7. The molecular weight excluding hydrogens is 334 g/mol. The summed E-state index contributed by atoms with van der Waals surface area (Å²) >= 11 is 0. The van der Waals surface area contributed by atoms with E-state index in [1.807, 2.05) is 20.8 Å². The van der Waals surface area contributed by atoms with Crippen molar-refractivity contribution in [3.63, 3.8) is 0 Å². The smallest absolute Gasteiger partial charge is 0.261 e. The van der Waals surface area contributed by atoms with Crippen molar-refractivity contribution in [1.82, 2.24) is 0 Å². The van der Waals surface area contributed by atoms with Gasteiger partial charge in [-0.05, 0) is 37.5 Å². The number of sulfonamides is 1. The van der Waals surface area contributed by atoms with Crippen LogP contribution in [0, 0.1) is 25.2 Å². The van der Waals surface area contributed by atoms with Crippen LogP contribution in [0.4, 0.5) is 5.69 Å². The minimum Gasteiger partial charge on any atom is -0.373 e. The molecule has 2 aromatic carbocycles. The molecule has 1 unspecified atom stereocenters. The van der Waals surface area contributed by atoms with Gasteiger partial charge in [-0.25, -0.2) is 8.42 Å². The predicted molar refractivity (Wildman–Crippen MR) is 101 cm³/mol. The molecular formula is C20H23NO3S. The third-order valence-corrected chi connectivity index (χ3v) is 5.27. The minimum absolute atomic E-state index is 0.141. The van der Waals surface area contributed by atoms with Crippen molar-refractivity contribution in [1.29, 1.82) is 0 Å². The van der Waals surface area contributed by atoms with Crippen LogP contribution in [-0.2, 0) is 15.6 Å². The van der Waals surface area contributed by atoms with Crippen LogP contribution in [0.1, 0.15) is 31.4 Å². The molecule has 0 radical (unpaired) electrons. The van der Waals surface area contributed by atoms with Crippen LogP contribution in [0.25, 0.3) is 0 Å². The number of rotatable bonds is 6. The molecule has 0 aromatic heterocycles. The molecule has 0 aliphatic heterocycles. The lowest BCUT2D eigenvalue weighted by Gasteiger charge is -2.27. The molecule has 4 nitrogen and oxygen atoms in total. The van der Waals surface area contributed by atoms with E-state index < -0.39 is 15.6 Å². The Morgan fingerprint density at radius 2 is 1.76 bits per heavy atom. The number of aryl methyl sites for hydroxylation is 1. The second-order valence-electron chi connectivity index (χ2n) is 6.57. The van der Waals surface area contributed by atoms with Crippen molar-refractivity contribution in [3.05, 3.63) is 59.7 Å². The maximum absolute atomic E-state index is 12.7. The molecule has 1 atom stereocenters. The molecule has 0 aliphatic rings. The number of para-hydroxylation sites is 1. The minimum atomic E-state index is -3.78. The molecule has 25 heavy (non-hydrogen) atoms. The average Bonchev–Trinajstić information content (AvgIpc) is 2.54. The number of hydrogen-bond donors (Lipinski definition) is 2. The maximum atomic E-state index is 12.7. The maximum Gasteiger partial charge on any atom is 0.261 e. The van der Waals surface area contributed by atoms with Crippen LogP contribution >= 0.6 is 0 Å². The Balaban J connectivity index is 2.45. The Kier molecular flexibility index (Phi) is 5.56. The zero-order valence-electron chi connectivity index (χ0n) is 14.7. The largest absolute Gasteiger partial charge is 0.373 e. The molecule has 2 rings (SSSR count). The number of anilines is 1. The molecule has 5 heteroatoms. The lowest BCUT2D eigenvalue weighted by atomic mass is 9.85. The van der Waals surface area contributed by atoms with Crippen LogP contribution < -0.4 is 4.72 Å². The molecule has 0 heterocycles. The van der Waals surface area contributed by atoms with E-state index in [-0.39, 0.29) is 16.5 Å². The molecule has 0 bridgehead atoms. The summed E-state index contributed by atoms with van der Waals surface area (Å²) in [6.45, 7) is 5.78. The third kappa shape index (κ3) is 4.41. The van der Waals surface area contributed by atoms with Crippen molar-refractivity contribution in [2.24, 2.45) is 5.92 Å². The van der Waals surface area contributed by atoms with Gasteiger partial charge < -0.3 is 5.11 Å². The van der Waals surface area contributed by atoms with E-state index in [0.29, 0.717) is 12.0 Å². The van der Waals surface area contributed by atoms with Crippen molar-refractivity contribution in [2.45, 2.75) is 37.7 Å². The predicted octanol–water partition coefficient (Wildman–Crippen LogP) is 3.66. The summed E-state index contributed by atoms with van der Waals surface area (Å²) in [6, 6.07) is 13.2. The van der Waals surface area contributed by atoms with Gasteiger partial charge in [-0.15, -0.1) is 6.42 Å².